The van der Waals surface area contributed by atoms with Crippen molar-refractivity contribution < 1.29 is 23.8 Å². The molecular formula is C12H17NO5. The first kappa shape index (κ1) is 14.1. The molecule has 0 atom stereocenters. The molecule has 0 aliphatic carbocycles. The Kier molecular flexibility index (Phi) is 5.76. The van der Waals surface area contributed by atoms with Gasteiger partial charge in [0.2, 0.25) is 5.91 Å². The Bertz CT molecular complexity index is 399. The Morgan fingerprint density at radius 3 is 2.83 bits per heavy atom. The SMILES string of the molecule is COc1coc(CCNC(=O)CCCC(=O)O)c1. The predicted octanol–water partition coefficient (Wildman–Crippen LogP) is 1.20. The number of furan rings is 1. The molecule has 1 heterocycles. The summed E-state index contributed by atoms with van der Waals surface area (Å²) < 4.78 is 10.2. The molecule has 0 aromatic carbocycles. The third kappa shape index (κ3) is 5.38. The van der Waals surface area contributed by atoms with E-state index in [9.17, 15) is 9.59 Å². The van der Waals surface area contributed by atoms with Crippen molar-refractivity contribution in [2.24, 2.45) is 0 Å². The van der Waals surface area contributed by atoms with Crippen LogP contribution in [0.5, 0.6) is 5.75 Å². The van der Waals surface area contributed by atoms with Crippen LogP contribution in [0.4, 0.5) is 0 Å². The van der Waals surface area contributed by atoms with Crippen molar-refractivity contribution in [1.29, 1.82) is 0 Å². The lowest BCUT2D eigenvalue weighted by Gasteiger charge is -2.02. The highest BCUT2D eigenvalue weighted by molar-refractivity contribution is 5.76. The van der Waals surface area contributed by atoms with Gasteiger partial charge < -0.3 is 19.6 Å². The monoisotopic (exact) mass is 255 g/mol. The zero-order valence-electron chi connectivity index (χ0n) is 10.3. The largest absolute Gasteiger partial charge is 0.493 e. The first-order valence-electron chi connectivity index (χ1n) is 5.71. The van der Waals surface area contributed by atoms with Crippen LogP contribution in [-0.4, -0.2) is 30.6 Å². The van der Waals surface area contributed by atoms with Crippen molar-refractivity contribution in [2.45, 2.75) is 25.7 Å². The highest BCUT2D eigenvalue weighted by atomic mass is 16.5. The fourth-order valence-corrected chi connectivity index (χ4v) is 1.41. The smallest absolute Gasteiger partial charge is 0.303 e. The number of amides is 1. The van der Waals surface area contributed by atoms with Gasteiger partial charge in [0.05, 0.1) is 7.11 Å². The summed E-state index contributed by atoms with van der Waals surface area (Å²) in [5.74, 6) is 0.357. The second-order valence-electron chi connectivity index (χ2n) is 3.80. The highest BCUT2D eigenvalue weighted by Crippen LogP contribution is 2.15. The molecule has 1 aromatic rings. The van der Waals surface area contributed by atoms with Crippen molar-refractivity contribution in [3.8, 4) is 5.75 Å². The summed E-state index contributed by atoms with van der Waals surface area (Å²) in [6.07, 6.45) is 2.68. The highest BCUT2D eigenvalue weighted by Gasteiger charge is 2.05. The molecule has 2 N–H and O–H groups in total. The van der Waals surface area contributed by atoms with Crippen molar-refractivity contribution in [2.75, 3.05) is 13.7 Å². The average molecular weight is 255 g/mol. The quantitative estimate of drug-likeness (QED) is 0.728. The Labute approximate surface area is 105 Å². The van der Waals surface area contributed by atoms with Crippen molar-refractivity contribution in [3.05, 3.63) is 18.1 Å². The van der Waals surface area contributed by atoms with E-state index >= 15 is 0 Å². The van der Waals surface area contributed by atoms with E-state index in [2.05, 4.69) is 5.32 Å². The molecule has 0 unspecified atom stereocenters. The van der Waals surface area contributed by atoms with Gasteiger partial charge in [0.15, 0.2) is 5.75 Å². The van der Waals surface area contributed by atoms with Crippen LogP contribution in [-0.2, 0) is 16.0 Å². The van der Waals surface area contributed by atoms with Gasteiger partial charge in [0.25, 0.3) is 0 Å². The van der Waals surface area contributed by atoms with Gasteiger partial charge in [-0.05, 0) is 6.42 Å². The van der Waals surface area contributed by atoms with Gasteiger partial charge in [-0.1, -0.05) is 0 Å². The number of ether oxygens (including phenoxy) is 1. The minimum absolute atomic E-state index is 0.0167. The molecule has 0 saturated carbocycles. The van der Waals surface area contributed by atoms with Crippen LogP contribution >= 0.6 is 0 Å². The van der Waals surface area contributed by atoms with E-state index in [1.165, 1.54) is 6.26 Å². The Morgan fingerprint density at radius 2 is 2.22 bits per heavy atom. The predicted molar refractivity (Wildman–Crippen MR) is 63.5 cm³/mol. The number of carboxylic acid groups (broad SMARTS) is 1. The fourth-order valence-electron chi connectivity index (χ4n) is 1.41. The fraction of sp³-hybridized carbons (Fsp3) is 0.500. The van der Waals surface area contributed by atoms with Gasteiger partial charge >= 0.3 is 5.97 Å². The Hall–Kier alpha value is -1.98. The molecule has 0 fully saturated rings. The van der Waals surface area contributed by atoms with E-state index in [0.29, 0.717) is 25.1 Å². The molecule has 0 aliphatic rings. The molecule has 18 heavy (non-hydrogen) atoms. The van der Waals surface area contributed by atoms with Crippen molar-refractivity contribution in [3.63, 3.8) is 0 Å². The zero-order valence-corrected chi connectivity index (χ0v) is 10.3. The molecule has 6 nitrogen and oxygen atoms in total. The maximum Gasteiger partial charge on any atom is 0.303 e. The lowest BCUT2D eigenvalue weighted by molar-refractivity contribution is -0.137. The maximum atomic E-state index is 11.3. The van der Waals surface area contributed by atoms with E-state index in [-0.39, 0.29) is 18.7 Å². The van der Waals surface area contributed by atoms with Crippen LogP contribution < -0.4 is 10.1 Å². The van der Waals surface area contributed by atoms with Crippen LogP contribution in [0.2, 0.25) is 0 Å². The van der Waals surface area contributed by atoms with E-state index in [1.807, 2.05) is 0 Å². The number of carbonyl (C=O) groups excluding carboxylic acids is 1. The Morgan fingerprint density at radius 1 is 1.44 bits per heavy atom. The molecule has 100 valence electrons. The summed E-state index contributed by atoms with van der Waals surface area (Å²) in [7, 11) is 1.55. The summed E-state index contributed by atoms with van der Waals surface area (Å²) in [6, 6.07) is 1.76. The number of carbonyl (C=O) groups is 2. The number of rotatable bonds is 8. The van der Waals surface area contributed by atoms with Gasteiger partial charge in [-0.15, -0.1) is 0 Å². The van der Waals surface area contributed by atoms with Crippen LogP contribution in [0.3, 0.4) is 0 Å². The first-order chi connectivity index (χ1) is 8.61. The van der Waals surface area contributed by atoms with Gasteiger partial charge in [0, 0.05) is 31.9 Å². The molecule has 1 rings (SSSR count). The van der Waals surface area contributed by atoms with E-state index in [1.54, 1.807) is 13.2 Å². The van der Waals surface area contributed by atoms with Crippen LogP contribution in [0, 0.1) is 0 Å². The summed E-state index contributed by atoms with van der Waals surface area (Å²) in [5.41, 5.74) is 0. The van der Waals surface area contributed by atoms with Crippen LogP contribution in [0.1, 0.15) is 25.0 Å². The van der Waals surface area contributed by atoms with Crippen molar-refractivity contribution in [1.82, 2.24) is 5.32 Å². The number of nitrogens with one attached hydrogen (secondary N) is 1. The number of aliphatic carboxylic acids is 1. The summed E-state index contributed by atoms with van der Waals surface area (Å²) in [6.45, 7) is 0.461. The minimum atomic E-state index is -0.884. The average Bonchev–Trinajstić information content (AvgIpc) is 2.76. The second-order valence-corrected chi connectivity index (χ2v) is 3.80. The third-order valence-electron chi connectivity index (χ3n) is 2.35. The van der Waals surface area contributed by atoms with Crippen molar-refractivity contribution >= 4 is 11.9 Å². The van der Waals surface area contributed by atoms with Crippen LogP contribution in [0.25, 0.3) is 0 Å². The van der Waals surface area contributed by atoms with E-state index in [4.69, 9.17) is 14.3 Å². The lowest BCUT2D eigenvalue weighted by Crippen LogP contribution is -2.25. The molecule has 0 saturated heterocycles. The van der Waals surface area contributed by atoms with Gasteiger partial charge in [-0.2, -0.15) is 0 Å². The standard InChI is InChI=1S/C12H17NO5/c1-17-10-7-9(18-8-10)5-6-13-11(14)3-2-4-12(15)16/h7-8H,2-6H2,1H3,(H,13,14)(H,15,16). The summed E-state index contributed by atoms with van der Waals surface area (Å²) in [4.78, 5) is 21.6. The molecule has 0 spiro atoms. The number of carboxylic acids is 1. The van der Waals surface area contributed by atoms with Gasteiger partial charge in [0.1, 0.15) is 12.0 Å². The first-order valence-corrected chi connectivity index (χ1v) is 5.71. The summed E-state index contributed by atoms with van der Waals surface area (Å²) >= 11 is 0. The third-order valence-corrected chi connectivity index (χ3v) is 2.35. The second kappa shape index (κ2) is 7.37. The number of methoxy groups -OCH3 is 1. The van der Waals surface area contributed by atoms with E-state index < -0.39 is 5.97 Å². The number of hydrogen-bond donors (Lipinski definition) is 2. The molecule has 1 aromatic heterocycles. The molecule has 6 heteroatoms. The molecule has 0 bridgehead atoms. The molecule has 0 radical (unpaired) electrons. The molecule has 0 aliphatic heterocycles. The number of hydrogen-bond acceptors (Lipinski definition) is 4. The zero-order chi connectivity index (χ0) is 13.4. The molecular weight excluding hydrogens is 238 g/mol. The Balaban J connectivity index is 2.13. The van der Waals surface area contributed by atoms with Gasteiger partial charge in [-0.3, -0.25) is 9.59 Å². The normalized spacial score (nSPS) is 10.1. The van der Waals surface area contributed by atoms with Crippen LogP contribution in [0.15, 0.2) is 16.7 Å². The topological polar surface area (TPSA) is 88.8 Å². The minimum Gasteiger partial charge on any atom is -0.493 e. The molecule has 1 amide bonds. The maximum absolute atomic E-state index is 11.3. The van der Waals surface area contributed by atoms with E-state index in [0.717, 1.165) is 5.76 Å². The lowest BCUT2D eigenvalue weighted by atomic mass is 10.2. The summed E-state index contributed by atoms with van der Waals surface area (Å²) in [5, 5.41) is 11.1. The van der Waals surface area contributed by atoms with Gasteiger partial charge in [-0.25, -0.2) is 0 Å².